The van der Waals surface area contributed by atoms with Crippen LogP contribution >= 0.6 is 12.4 Å². The number of carbonyl (C=O) groups excluding carboxylic acids is 3. The normalized spacial score (nSPS) is 15.8. The van der Waals surface area contributed by atoms with Gasteiger partial charge in [-0.15, -0.1) is 12.4 Å². The van der Waals surface area contributed by atoms with E-state index in [0.717, 1.165) is 19.4 Å². The van der Waals surface area contributed by atoms with Crippen LogP contribution in [-0.2, 0) is 14.4 Å². The third kappa shape index (κ3) is 6.36. The summed E-state index contributed by atoms with van der Waals surface area (Å²) in [4.78, 5) is 37.1. The highest BCUT2D eigenvalue weighted by atomic mass is 35.5. The van der Waals surface area contributed by atoms with Gasteiger partial charge in [0, 0.05) is 24.8 Å². The Morgan fingerprint density at radius 2 is 1.76 bits per heavy atom. The first-order valence-corrected chi connectivity index (χ1v) is 8.19. The van der Waals surface area contributed by atoms with E-state index in [-0.39, 0.29) is 42.7 Å². The van der Waals surface area contributed by atoms with Gasteiger partial charge in [0.1, 0.15) is 0 Å². The van der Waals surface area contributed by atoms with Gasteiger partial charge in [-0.25, -0.2) is 0 Å². The van der Waals surface area contributed by atoms with Crippen molar-refractivity contribution in [1.82, 2.24) is 10.2 Å². The van der Waals surface area contributed by atoms with E-state index in [9.17, 15) is 14.4 Å². The lowest BCUT2D eigenvalue weighted by Gasteiger charge is -2.23. The summed E-state index contributed by atoms with van der Waals surface area (Å²) in [5, 5.41) is 8.59. The first-order valence-electron chi connectivity index (χ1n) is 8.19. The van der Waals surface area contributed by atoms with E-state index in [1.807, 2.05) is 6.92 Å². The molecular formula is C17H25ClN4O3. The van der Waals surface area contributed by atoms with Gasteiger partial charge in [-0.1, -0.05) is 0 Å². The Morgan fingerprint density at radius 3 is 2.24 bits per heavy atom. The molecule has 0 radical (unpaired) electrons. The number of carbonyl (C=O) groups is 3. The van der Waals surface area contributed by atoms with E-state index in [1.165, 1.54) is 6.92 Å². The molecule has 138 valence electrons. The summed E-state index contributed by atoms with van der Waals surface area (Å²) in [6.45, 7) is 4.67. The highest BCUT2D eigenvalue weighted by Gasteiger charge is 2.27. The Kier molecular flexibility index (Phi) is 8.37. The van der Waals surface area contributed by atoms with Gasteiger partial charge in [-0.2, -0.15) is 0 Å². The van der Waals surface area contributed by atoms with Crippen molar-refractivity contribution in [3.63, 3.8) is 0 Å². The molecule has 1 unspecified atom stereocenters. The van der Waals surface area contributed by atoms with Gasteiger partial charge in [0.15, 0.2) is 0 Å². The first-order chi connectivity index (χ1) is 11.5. The highest BCUT2D eigenvalue weighted by molar-refractivity contribution is 5.95. The van der Waals surface area contributed by atoms with E-state index < -0.39 is 0 Å². The summed E-state index contributed by atoms with van der Waals surface area (Å²) >= 11 is 0. The number of hydrogen-bond acceptors (Lipinski definition) is 4. The molecule has 7 nitrogen and oxygen atoms in total. The maximum atomic E-state index is 12.4. The zero-order valence-corrected chi connectivity index (χ0v) is 15.3. The van der Waals surface area contributed by atoms with Gasteiger partial charge >= 0.3 is 0 Å². The van der Waals surface area contributed by atoms with Crippen LogP contribution in [0.5, 0.6) is 0 Å². The van der Waals surface area contributed by atoms with Crippen LogP contribution in [0.15, 0.2) is 24.3 Å². The second-order valence-electron chi connectivity index (χ2n) is 5.81. The molecule has 1 atom stereocenters. The van der Waals surface area contributed by atoms with E-state index in [1.54, 1.807) is 29.2 Å². The monoisotopic (exact) mass is 368 g/mol. The first kappa shape index (κ1) is 20.9. The van der Waals surface area contributed by atoms with Gasteiger partial charge in [0.05, 0.1) is 12.6 Å². The standard InChI is InChI=1S/C17H24N4O3.ClH/c1-3-21(17(24)15-5-4-10-18-15)11-16(23)20-14-8-6-13(7-9-14)19-12(2)22;/h6-9,15,18H,3-5,10-11H2,1-2H3,(H,19,22)(H,20,23);1H. The Labute approximate surface area is 153 Å². The van der Waals surface area contributed by atoms with Crippen molar-refractivity contribution in [3.05, 3.63) is 24.3 Å². The third-order valence-corrected chi connectivity index (χ3v) is 3.88. The number of nitrogens with one attached hydrogen (secondary N) is 3. The molecule has 1 aromatic rings. The number of likely N-dealkylation sites (N-methyl/N-ethyl adjacent to an activating group) is 1. The molecule has 0 aliphatic carbocycles. The minimum atomic E-state index is -0.240. The molecule has 1 aromatic carbocycles. The van der Waals surface area contributed by atoms with E-state index in [4.69, 9.17) is 0 Å². The molecule has 0 bridgehead atoms. The lowest BCUT2D eigenvalue weighted by molar-refractivity contribution is -0.136. The van der Waals surface area contributed by atoms with Crippen LogP contribution in [-0.4, -0.2) is 48.3 Å². The van der Waals surface area contributed by atoms with Crippen molar-refractivity contribution in [1.29, 1.82) is 0 Å². The van der Waals surface area contributed by atoms with Crippen LogP contribution in [0.1, 0.15) is 26.7 Å². The van der Waals surface area contributed by atoms with Crippen molar-refractivity contribution in [2.75, 3.05) is 30.3 Å². The fourth-order valence-electron chi connectivity index (χ4n) is 2.68. The van der Waals surface area contributed by atoms with E-state index in [0.29, 0.717) is 17.9 Å². The smallest absolute Gasteiger partial charge is 0.243 e. The number of anilines is 2. The number of amides is 3. The molecule has 1 heterocycles. The molecule has 3 N–H and O–H groups in total. The topological polar surface area (TPSA) is 90.5 Å². The van der Waals surface area contributed by atoms with Crippen molar-refractivity contribution in [2.45, 2.75) is 32.7 Å². The number of rotatable bonds is 6. The van der Waals surface area contributed by atoms with Crippen molar-refractivity contribution >= 4 is 41.5 Å². The number of halogens is 1. The lowest BCUT2D eigenvalue weighted by Crippen LogP contribution is -2.46. The van der Waals surface area contributed by atoms with Crippen molar-refractivity contribution in [3.8, 4) is 0 Å². The predicted molar refractivity (Wildman–Crippen MR) is 99.9 cm³/mol. The fraction of sp³-hybridized carbons (Fsp3) is 0.471. The molecule has 3 amide bonds. The largest absolute Gasteiger partial charge is 0.332 e. The van der Waals surface area contributed by atoms with Crippen LogP contribution in [0, 0.1) is 0 Å². The molecule has 0 aromatic heterocycles. The molecule has 1 saturated heterocycles. The number of benzene rings is 1. The molecule has 1 aliphatic rings. The minimum absolute atomic E-state index is 0. The molecule has 0 saturated carbocycles. The summed E-state index contributed by atoms with van der Waals surface area (Å²) < 4.78 is 0. The van der Waals surface area contributed by atoms with E-state index >= 15 is 0 Å². The van der Waals surface area contributed by atoms with Gasteiger partial charge < -0.3 is 20.9 Å². The highest BCUT2D eigenvalue weighted by Crippen LogP contribution is 2.14. The predicted octanol–water partition coefficient (Wildman–Crippen LogP) is 1.61. The van der Waals surface area contributed by atoms with Gasteiger partial charge in [-0.05, 0) is 50.6 Å². The maximum absolute atomic E-state index is 12.4. The average Bonchev–Trinajstić information content (AvgIpc) is 3.08. The summed E-state index contributed by atoms with van der Waals surface area (Å²) in [5.41, 5.74) is 1.29. The van der Waals surface area contributed by atoms with Crippen molar-refractivity contribution in [2.24, 2.45) is 0 Å². The van der Waals surface area contributed by atoms with Crippen LogP contribution in [0.2, 0.25) is 0 Å². The fourth-order valence-corrected chi connectivity index (χ4v) is 2.68. The quantitative estimate of drug-likeness (QED) is 0.711. The maximum Gasteiger partial charge on any atom is 0.243 e. The SMILES string of the molecule is CCN(CC(=O)Nc1ccc(NC(C)=O)cc1)C(=O)C1CCCN1.Cl. The lowest BCUT2D eigenvalue weighted by atomic mass is 10.2. The Morgan fingerprint density at radius 1 is 1.16 bits per heavy atom. The number of hydrogen-bond donors (Lipinski definition) is 3. The zero-order valence-electron chi connectivity index (χ0n) is 14.5. The van der Waals surface area contributed by atoms with Crippen molar-refractivity contribution < 1.29 is 14.4 Å². The average molecular weight is 369 g/mol. The molecule has 1 aliphatic heterocycles. The summed E-state index contributed by atoms with van der Waals surface area (Å²) in [6.07, 6.45) is 1.81. The Balaban J connectivity index is 0.00000312. The minimum Gasteiger partial charge on any atom is -0.332 e. The molecular weight excluding hydrogens is 344 g/mol. The molecule has 0 spiro atoms. The molecule has 1 fully saturated rings. The summed E-state index contributed by atoms with van der Waals surface area (Å²) in [5.74, 6) is -0.411. The molecule has 2 rings (SSSR count). The van der Waals surface area contributed by atoms with Crippen LogP contribution in [0.4, 0.5) is 11.4 Å². The number of nitrogens with zero attached hydrogens (tertiary/aromatic N) is 1. The third-order valence-electron chi connectivity index (χ3n) is 3.88. The Bertz CT molecular complexity index is 600. The van der Waals surface area contributed by atoms with Crippen LogP contribution in [0.3, 0.4) is 0 Å². The van der Waals surface area contributed by atoms with E-state index in [2.05, 4.69) is 16.0 Å². The van der Waals surface area contributed by atoms with Gasteiger partial charge in [0.25, 0.3) is 0 Å². The second-order valence-corrected chi connectivity index (χ2v) is 5.81. The zero-order chi connectivity index (χ0) is 17.5. The Hall–Kier alpha value is -2.12. The second kappa shape index (κ2) is 10.0. The van der Waals surface area contributed by atoms with Gasteiger partial charge in [-0.3, -0.25) is 14.4 Å². The molecule has 25 heavy (non-hydrogen) atoms. The van der Waals surface area contributed by atoms with Gasteiger partial charge in [0.2, 0.25) is 17.7 Å². The summed E-state index contributed by atoms with van der Waals surface area (Å²) in [6, 6.07) is 6.67. The molecule has 8 heteroatoms. The summed E-state index contributed by atoms with van der Waals surface area (Å²) in [7, 11) is 0. The van der Waals surface area contributed by atoms with Crippen LogP contribution < -0.4 is 16.0 Å². The van der Waals surface area contributed by atoms with Crippen LogP contribution in [0.25, 0.3) is 0 Å².